The minimum absolute atomic E-state index is 0. The Labute approximate surface area is 144 Å². The molecule has 1 unspecified atom stereocenters. The summed E-state index contributed by atoms with van der Waals surface area (Å²) >= 11 is 0. The molecule has 6 heteroatoms. The van der Waals surface area contributed by atoms with Gasteiger partial charge in [0.2, 0.25) is 5.91 Å². The second kappa shape index (κ2) is 10.5. The second-order valence-corrected chi connectivity index (χ2v) is 5.53. The first-order chi connectivity index (χ1) is 10.7. The Kier molecular flexibility index (Phi) is 8.99. The summed E-state index contributed by atoms with van der Waals surface area (Å²) in [7, 11) is 1.66. The van der Waals surface area contributed by atoms with Crippen LogP contribution in [0.3, 0.4) is 0 Å². The lowest BCUT2D eigenvalue weighted by Gasteiger charge is -2.28. The first-order valence-corrected chi connectivity index (χ1v) is 7.96. The molecule has 1 aliphatic rings. The predicted octanol–water partition coefficient (Wildman–Crippen LogP) is 2.23. The van der Waals surface area contributed by atoms with Gasteiger partial charge in [0.25, 0.3) is 0 Å². The van der Waals surface area contributed by atoms with Crippen LogP contribution in [0.2, 0.25) is 0 Å². The highest BCUT2D eigenvalue weighted by Gasteiger charge is 2.22. The zero-order valence-corrected chi connectivity index (χ0v) is 14.7. The highest BCUT2D eigenvalue weighted by atomic mass is 35.5. The fourth-order valence-electron chi connectivity index (χ4n) is 2.68. The lowest BCUT2D eigenvalue weighted by atomic mass is 10.1. The van der Waals surface area contributed by atoms with Gasteiger partial charge in [-0.15, -0.1) is 12.4 Å². The van der Waals surface area contributed by atoms with Gasteiger partial charge < -0.3 is 19.7 Å². The smallest absolute Gasteiger partial charge is 0.225 e. The summed E-state index contributed by atoms with van der Waals surface area (Å²) in [4.78, 5) is 14.5. The van der Waals surface area contributed by atoms with Gasteiger partial charge >= 0.3 is 0 Å². The van der Waals surface area contributed by atoms with Crippen LogP contribution in [0.25, 0.3) is 0 Å². The minimum Gasteiger partial charge on any atom is -0.496 e. The third-order valence-electron chi connectivity index (χ3n) is 3.81. The van der Waals surface area contributed by atoms with Gasteiger partial charge in [0.15, 0.2) is 0 Å². The molecule has 1 saturated heterocycles. The number of carbonyl (C=O) groups is 1. The summed E-state index contributed by atoms with van der Waals surface area (Å²) < 4.78 is 11.0. The summed E-state index contributed by atoms with van der Waals surface area (Å²) in [6.07, 6.45) is 1.35. The van der Waals surface area contributed by atoms with E-state index in [2.05, 4.69) is 12.2 Å². The van der Waals surface area contributed by atoms with E-state index in [1.54, 1.807) is 7.11 Å². The summed E-state index contributed by atoms with van der Waals surface area (Å²) in [6.45, 7) is 5.71. The number of benzene rings is 1. The molecule has 1 aromatic rings. The Morgan fingerprint density at radius 1 is 1.43 bits per heavy atom. The predicted molar refractivity (Wildman–Crippen MR) is 93.2 cm³/mol. The summed E-state index contributed by atoms with van der Waals surface area (Å²) in [5.74, 6) is 0.966. The Morgan fingerprint density at radius 3 is 2.87 bits per heavy atom. The standard InChI is InChI=1S/C17H26N2O3.ClH/c1-3-9-19(13-14-6-4-5-7-16(14)21-2)17(20)11-15-12-18-8-10-22-15;/h4-7,15,18H,3,8-13H2,1-2H3;1H. The van der Waals surface area contributed by atoms with Crippen molar-refractivity contribution in [3.8, 4) is 5.75 Å². The number of nitrogens with one attached hydrogen (secondary N) is 1. The summed E-state index contributed by atoms with van der Waals surface area (Å²) in [6, 6.07) is 7.85. The van der Waals surface area contributed by atoms with Gasteiger partial charge in [0.05, 0.1) is 26.2 Å². The van der Waals surface area contributed by atoms with Gasteiger partial charge in [-0.3, -0.25) is 4.79 Å². The second-order valence-electron chi connectivity index (χ2n) is 5.53. The highest BCUT2D eigenvalue weighted by Crippen LogP contribution is 2.20. The number of carbonyl (C=O) groups excluding carboxylic acids is 1. The molecule has 130 valence electrons. The first kappa shape index (κ1) is 19.7. The average Bonchev–Trinajstić information content (AvgIpc) is 2.56. The van der Waals surface area contributed by atoms with E-state index in [4.69, 9.17) is 9.47 Å². The quantitative estimate of drug-likeness (QED) is 0.825. The number of para-hydroxylation sites is 1. The van der Waals surface area contributed by atoms with Gasteiger partial charge in [-0.25, -0.2) is 0 Å². The molecule has 0 radical (unpaired) electrons. The molecule has 1 N–H and O–H groups in total. The fraction of sp³-hybridized carbons (Fsp3) is 0.588. The van der Waals surface area contributed by atoms with Crippen LogP contribution >= 0.6 is 12.4 Å². The third-order valence-corrected chi connectivity index (χ3v) is 3.81. The number of hydrogen-bond acceptors (Lipinski definition) is 4. The van der Waals surface area contributed by atoms with Crippen LogP contribution in [0.15, 0.2) is 24.3 Å². The number of ether oxygens (including phenoxy) is 2. The molecular weight excluding hydrogens is 316 g/mol. The van der Waals surface area contributed by atoms with Gasteiger partial charge in [-0.1, -0.05) is 25.1 Å². The molecule has 0 bridgehead atoms. The molecule has 23 heavy (non-hydrogen) atoms. The van der Waals surface area contributed by atoms with Gasteiger partial charge in [-0.05, 0) is 12.5 Å². The molecule has 1 amide bonds. The van der Waals surface area contributed by atoms with Crippen molar-refractivity contribution in [2.24, 2.45) is 0 Å². The lowest BCUT2D eigenvalue weighted by molar-refractivity contribution is -0.135. The van der Waals surface area contributed by atoms with Crippen LogP contribution in [0, 0.1) is 0 Å². The van der Waals surface area contributed by atoms with E-state index in [-0.39, 0.29) is 24.4 Å². The topological polar surface area (TPSA) is 50.8 Å². The van der Waals surface area contributed by atoms with Gasteiger partial charge in [0.1, 0.15) is 5.75 Å². The molecule has 0 spiro atoms. The molecule has 1 aromatic carbocycles. The molecule has 0 aliphatic carbocycles. The van der Waals surface area contributed by atoms with Crippen molar-refractivity contribution in [3.63, 3.8) is 0 Å². The number of rotatable bonds is 7. The zero-order valence-electron chi connectivity index (χ0n) is 13.9. The Hall–Kier alpha value is -1.30. The van der Waals surface area contributed by atoms with E-state index >= 15 is 0 Å². The maximum Gasteiger partial charge on any atom is 0.225 e. The molecule has 2 rings (SSSR count). The number of amides is 1. The van der Waals surface area contributed by atoms with Crippen molar-refractivity contribution in [2.45, 2.75) is 32.4 Å². The van der Waals surface area contributed by atoms with E-state index in [1.807, 2.05) is 29.2 Å². The lowest BCUT2D eigenvalue weighted by Crippen LogP contribution is -2.42. The SMILES string of the molecule is CCCN(Cc1ccccc1OC)C(=O)CC1CNCCO1.Cl. The van der Waals surface area contributed by atoms with Crippen molar-refractivity contribution in [1.82, 2.24) is 10.2 Å². The van der Waals surface area contributed by atoms with Crippen molar-refractivity contribution in [2.75, 3.05) is 33.4 Å². The van der Waals surface area contributed by atoms with Gasteiger partial charge in [-0.2, -0.15) is 0 Å². The number of methoxy groups -OCH3 is 1. The van der Waals surface area contributed by atoms with Gasteiger partial charge in [0, 0.05) is 31.7 Å². The molecule has 5 nitrogen and oxygen atoms in total. The largest absolute Gasteiger partial charge is 0.496 e. The summed E-state index contributed by atoms with van der Waals surface area (Å²) in [5, 5.41) is 3.26. The van der Waals surface area contributed by atoms with Crippen molar-refractivity contribution >= 4 is 18.3 Å². The van der Waals surface area contributed by atoms with E-state index < -0.39 is 0 Å². The Morgan fingerprint density at radius 2 is 2.22 bits per heavy atom. The molecule has 1 aliphatic heterocycles. The highest BCUT2D eigenvalue weighted by molar-refractivity contribution is 5.85. The minimum atomic E-state index is -0.0155. The van der Waals surface area contributed by atoms with Crippen molar-refractivity contribution < 1.29 is 14.3 Å². The molecule has 1 fully saturated rings. The molecular formula is C17H27ClN2O3. The summed E-state index contributed by atoms with van der Waals surface area (Å²) in [5.41, 5.74) is 1.04. The number of hydrogen-bond donors (Lipinski definition) is 1. The van der Waals surface area contributed by atoms with E-state index in [1.165, 1.54) is 0 Å². The van der Waals surface area contributed by atoms with E-state index in [9.17, 15) is 4.79 Å². The average molecular weight is 343 g/mol. The van der Waals surface area contributed by atoms with Crippen LogP contribution in [-0.2, 0) is 16.1 Å². The van der Waals surface area contributed by atoms with Crippen LogP contribution in [0.4, 0.5) is 0 Å². The first-order valence-electron chi connectivity index (χ1n) is 7.96. The number of morpholine rings is 1. The van der Waals surface area contributed by atoms with Crippen LogP contribution in [0.1, 0.15) is 25.3 Å². The molecule has 0 saturated carbocycles. The Balaban J connectivity index is 0.00000264. The monoisotopic (exact) mass is 342 g/mol. The van der Waals surface area contributed by atoms with Crippen LogP contribution in [-0.4, -0.2) is 50.3 Å². The molecule has 1 heterocycles. The van der Waals surface area contributed by atoms with E-state index in [0.29, 0.717) is 19.6 Å². The van der Waals surface area contributed by atoms with E-state index in [0.717, 1.165) is 37.4 Å². The molecule has 0 aromatic heterocycles. The Bertz CT molecular complexity index is 479. The number of nitrogens with zero attached hydrogens (tertiary/aromatic N) is 1. The maximum atomic E-state index is 12.6. The maximum absolute atomic E-state index is 12.6. The van der Waals surface area contributed by atoms with Crippen molar-refractivity contribution in [3.05, 3.63) is 29.8 Å². The third kappa shape index (κ3) is 6.01. The fourth-order valence-corrected chi connectivity index (χ4v) is 2.68. The van der Waals surface area contributed by atoms with Crippen LogP contribution < -0.4 is 10.1 Å². The zero-order chi connectivity index (χ0) is 15.8. The number of halogens is 1. The van der Waals surface area contributed by atoms with Crippen molar-refractivity contribution in [1.29, 1.82) is 0 Å². The van der Waals surface area contributed by atoms with Crippen LogP contribution in [0.5, 0.6) is 5.75 Å². The normalized spacial score (nSPS) is 17.2. The molecule has 1 atom stereocenters.